The number of carbonyl (C=O) groups excluding carboxylic acids is 1. The van der Waals surface area contributed by atoms with Crippen LogP contribution in [0.4, 0.5) is 32.0 Å². The Morgan fingerprint density at radius 3 is 1.95 bits per heavy atom. The number of alkyl halides is 6. The van der Waals surface area contributed by atoms with Gasteiger partial charge in [-0.1, -0.05) is 54.1 Å². The highest BCUT2D eigenvalue weighted by Crippen LogP contribution is 2.38. The molecule has 44 heavy (non-hydrogen) atoms. The Hall–Kier alpha value is -4.31. The predicted octanol–water partition coefficient (Wildman–Crippen LogP) is 10.1. The number of aryl methyl sites for hydroxylation is 1. The maximum Gasteiger partial charge on any atom is 0.416 e. The van der Waals surface area contributed by atoms with Crippen molar-refractivity contribution in [3.63, 3.8) is 0 Å². The molecule has 0 radical (unpaired) electrons. The first kappa shape index (κ1) is 32.6. The SMILES string of the molecule is Cc1cc(C(F)(F)F)ccc1-c1ccc(NCc2ccc(C(F)(F)F)cc2-c2ccc(C(=O)CCCC(=O)O)cc2)cc1Cl. The van der Waals surface area contributed by atoms with E-state index in [9.17, 15) is 35.9 Å². The van der Waals surface area contributed by atoms with E-state index < -0.39 is 29.4 Å². The summed E-state index contributed by atoms with van der Waals surface area (Å²) in [5.41, 5.74) is 1.96. The van der Waals surface area contributed by atoms with E-state index in [2.05, 4.69) is 5.32 Å². The van der Waals surface area contributed by atoms with E-state index in [1.54, 1.807) is 37.3 Å². The molecule has 0 atom stereocenters. The third-order valence-corrected chi connectivity index (χ3v) is 7.36. The predicted molar refractivity (Wildman–Crippen MR) is 157 cm³/mol. The second kappa shape index (κ2) is 13.1. The first-order chi connectivity index (χ1) is 20.6. The fourth-order valence-corrected chi connectivity index (χ4v) is 5.02. The maximum absolute atomic E-state index is 13.6. The largest absolute Gasteiger partial charge is 0.481 e. The Morgan fingerprint density at radius 2 is 1.36 bits per heavy atom. The number of carboxylic acids is 1. The summed E-state index contributed by atoms with van der Waals surface area (Å²) in [7, 11) is 0. The minimum atomic E-state index is -4.58. The average Bonchev–Trinajstić information content (AvgIpc) is 2.95. The molecule has 4 nitrogen and oxygen atoms in total. The Morgan fingerprint density at radius 1 is 0.750 bits per heavy atom. The molecule has 4 rings (SSSR count). The van der Waals surface area contributed by atoms with Crippen LogP contribution in [0.25, 0.3) is 22.3 Å². The van der Waals surface area contributed by atoms with Gasteiger partial charge in [0, 0.05) is 36.2 Å². The number of carboxylic acid groups (broad SMARTS) is 1. The molecule has 0 aromatic heterocycles. The molecule has 0 aliphatic carbocycles. The molecule has 0 unspecified atom stereocenters. The van der Waals surface area contributed by atoms with Gasteiger partial charge in [-0.2, -0.15) is 26.3 Å². The molecule has 0 saturated carbocycles. The van der Waals surface area contributed by atoms with Gasteiger partial charge in [-0.05, 0) is 77.6 Å². The molecule has 0 saturated heterocycles. The molecule has 4 aromatic rings. The second-order valence-corrected chi connectivity index (χ2v) is 10.6. The van der Waals surface area contributed by atoms with E-state index in [0.717, 1.165) is 24.3 Å². The Bertz CT molecular complexity index is 1680. The average molecular weight is 634 g/mol. The summed E-state index contributed by atoms with van der Waals surface area (Å²) in [6.45, 7) is 1.67. The number of ketones is 1. The standard InChI is InChI=1S/C33H26ClF6NO3/c1-19-15-23(32(35,36)37)11-13-26(19)27-14-12-25(17-29(27)34)41-18-22-9-10-24(33(38,39)40)16-28(22)20-5-7-21(8-6-20)30(42)3-2-4-31(43)44/h5-17,41H,2-4,18H2,1H3,(H,43,44). The first-order valence-corrected chi connectivity index (χ1v) is 13.8. The quantitative estimate of drug-likeness (QED) is 0.135. The lowest BCUT2D eigenvalue weighted by Crippen LogP contribution is -2.08. The van der Waals surface area contributed by atoms with Gasteiger partial charge in [-0.15, -0.1) is 0 Å². The number of anilines is 1. The fraction of sp³-hybridized carbons (Fsp3) is 0.212. The molecule has 11 heteroatoms. The molecule has 230 valence electrons. The van der Waals surface area contributed by atoms with Gasteiger partial charge in [0.2, 0.25) is 0 Å². The lowest BCUT2D eigenvalue weighted by Gasteiger charge is -2.16. The van der Waals surface area contributed by atoms with Crippen LogP contribution in [0.2, 0.25) is 5.02 Å². The van der Waals surface area contributed by atoms with Crippen molar-refractivity contribution in [1.82, 2.24) is 0 Å². The van der Waals surface area contributed by atoms with Gasteiger partial charge in [0.1, 0.15) is 0 Å². The minimum absolute atomic E-state index is 0.0319. The maximum atomic E-state index is 13.6. The van der Waals surface area contributed by atoms with Crippen LogP contribution in [0.15, 0.2) is 78.9 Å². The van der Waals surface area contributed by atoms with Gasteiger partial charge >= 0.3 is 18.3 Å². The Balaban J connectivity index is 1.56. The van der Waals surface area contributed by atoms with Crippen LogP contribution in [0.1, 0.15) is 51.9 Å². The normalized spacial score (nSPS) is 11.8. The Kier molecular flexibility index (Phi) is 9.73. The zero-order valence-corrected chi connectivity index (χ0v) is 24.0. The molecule has 0 aliphatic heterocycles. The summed E-state index contributed by atoms with van der Waals surface area (Å²) >= 11 is 6.49. The van der Waals surface area contributed by atoms with Crippen LogP contribution in [-0.2, 0) is 23.7 Å². The van der Waals surface area contributed by atoms with Crippen molar-refractivity contribution in [3.05, 3.63) is 112 Å². The molecule has 0 heterocycles. The van der Waals surface area contributed by atoms with E-state index in [1.807, 2.05) is 0 Å². The monoisotopic (exact) mass is 633 g/mol. The molecule has 0 aliphatic rings. The number of aliphatic carboxylic acids is 1. The van der Waals surface area contributed by atoms with Gasteiger partial charge in [-0.25, -0.2) is 0 Å². The van der Waals surface area contributed by atoms with E-state index in [-0.39, 0.29) is 36.6 Å². The van der Waals surface area contributed by atoms with E-state index in [1.165, 1.54) is 24.3 Å². The van der Waals surface area contributed by atoms with Gasteiger partial charge in [-0.3, -0.25) is 9.59 Å². The third kappa shape index (κ3) is 7.99. The van der Waals surface area contributed by atoms with Gasteiger partial charge < -0.3 is 10.4 Å². The number of rotatable bonds is 10. The summed E-state index contributed by atoms with van der Waals surface area (Å²) in [6.07, 6.45) is -8.99. The number of benzene rings is 4. The molecule has 0 fully saturated rings. The third-order valence-electron chi connectivity index (χ3n) is 7.05. The summed E-state index contributed by atoms with van der Waals surface area (Å²) in [4.78, 5) is 23.1. The zero-order chi connectivity index (χ0) is 32.2. The van der Waals surface area contributed by atoms with Crippen molar-refractivity contribution in [2.75, 3.05) is 5.32 Å². The topological polar surface area (TPSA) is 66.4 Å². The van der Waals surface area contributed by atoms with Crippen molar-refractivity contribution in [2.45, 2.75) is 45.1 Å². The summed E-state index contributed by atoms with van der Waals surface area (Å²) in [5, 5.41) is 12.2. The highest BCUT2D eigenvalue weighted by Gasteiger charge is 2.32. The number of halogens is 7. The molecule has 0 amide bonds. The van der Waals surface area contributed by atoms with Crippen molar-refractivity contribution < 1.29 is 41.0 Å². The molecule has 2 N–H and O–H groups in total. The van der Waals surface area contributed by atoms with E-state index in [0.29, 0.717) is 44.6 Å². The molecular weight excluding hydrogens is 608 g/mol. The summed E-state index contributed by atoms with van der Waals surface area (Å²) in [5.74, 6) is -1.28. The number of hydrogen-bond acceptors (Lipinski definition) is 3. The number of nitrogens with one attached hydrogen (secondary N) is 1. The van der Waals surface area contributed by atoms with Crippen molar-refractivity contribution in [2.24, 2.45) is 0 Å². The number of hydrogen-bond donors (Lipinski definition) is 2. The summed E-state index contributed by atoms with van der Waals surface area (Å²) in [6, 6.07) is 17.8. The second-order valence-electron chi connectivity index (χ2n) is 10.2. The lowest BCUT2D eigenvalue weighted by molar-refractivity contribution is -0.138. The molecule has 0 spiro atoms. The first-order valence-electron chi connectivity index (χ1n) is 13.4. The zero-order valence-electron chi connectivity index (χ0n) is 23.2. The lowest BCUT2D eigenvalue weighted by atomic mass is 9.95. The smallest absolute Gasteiger partial charge is 0.416 e. The molecular formula is C33H26ClF6NO3. The highest BCUT2D eigenvalue weighted by atomic mass is 35.5. The number of Topliss-reactive ketones (excluding diaryl/α,β-unsaturated/α-hetero) is 1. The summed E-state index contributed by atoms with van der Waals surface area (Å²) < 4.78 is 79.9. The van der Waals surface area contributed by atoms with Crippen LogP contribution in [0, 0.1) is 6.92 Å². The van der Waals surface area contributed by atoms with Gasteiger partial charge in [0.25, 0.3) is 0 Å². The van der Waals surface area contributed by atoms with Gasteiger partial charge in [0.15, 0.2) is 5.78 Å². The highest BCUT2D eigenvalue weighted by molar-refractivity contribution is 6.33. The van der Waals surface area contributed by atoms with Gasteiger partial charge in [0.05, 0.1) is 16.1 Å². The van der Waals surface area contributed by atoms with Crippen molar-refractivity contribution >= 4 is 29.0 Å². The van der Waals surface area contributed by atoms with Crippen LogP contribution < -0.4 is 5.32 Å². The van der Waals surface area contributed by atoms with Crippen LogP contribution >= 0.6 is 11.6 Å². The van der Waals surface area contributed by atoms with E-state index >= 15 is 0 Å². The van der Waals surface area contributed by atoms with Crippen molar-refractivity contribution in [1.29, 1.82) is 0 Å². The van der Waals surface area contributed by atoms with Crippen LogP contribution in [0.3, 0.4) is 0 Å². The van der Waals surface area contributed by atoms with E-state index in [4.69, 9.17) is 16.7 Å². The van der Waals surface area contributed by atoms with Crippen molar-refractivity contribution in [3.8, 4) is 22.3 Å². The minimum Gasteiger partial charge on any atom is -0.481 e. The van der Waals surface area contributed by atoms with Crippen LogP contribution in [0.5, 0.6) is 0 Å². The van der Waals surface area contributed by atoms with Crippen LogP contribution in [-0.4, -0.2) is 16.9 Å². The number of carbonyl (C=O) groups is 2. The molecule has 0 bridgehead atoms. The fourth-order valence-electron chi connectivity index (χ4n) is 4.74. The molecule has 4 aromatic carbocycles. The Labute approximate surface area is 254 Å².